The topological polar surface area (TPSA) is 29.3 Å². The Labute approximate surface area is 119 Å². The van der Waals surface area contributed by atoms with Crippen LogP contribution in [0.5, 0.6) is 0 Å². The molecule has 0 saturated carbocycles. The van der Waals surface area contributed by atoms with Gasteiger partial charge in [-0.3, -0.25) is 4.90 Å². The summed E-state index contributed by atoms with van der Waals surface area (Å²) >= 11 is 1.88. The van der Waals surface area contributed by atoms with Crippen molar-refractivity contribution >= 4 is 11.3 Å². The lowest BCUT2D eigenvalue weighted by atomic mass is 10.1. The molecule has 0 aliphatic carbocycles. The van der Waals surface area contributed by atoms with E-state index in [4.69, 9.17) is 5.73 Å². The SMILES string of the molecule is CCc1ccc(C(CN)N(C)Cc2ccccc2)s1. The molecule has 2 nitrogen and oxygen atoms in total. The first kappa shape index (κ1) is 14.3. The molecule has 0 aliphatic heterocycles. The largest absolute Gasteiger partial charge is 0.329 e. The van der Waals surface area contributed by atoms with Crippen LogP contribution in [0.4, 0.5) is 0 Å². The summed E-state index contributed by atoms with van der Waals surface area (Å²) in [6.45, 7) is 3.79. The van der Waals surface area contributed by atoms with Crippen LogP contribution < -0.4 is 5.73 Å². The highest BCUT2D eigenvalue weighted by Crippen LogP contribution is 2.27. The van der Waals surface area contributed by atoms with E-state index in [9.17, 15) is 0 Å². The number of likely N-dealkylation sites (N-methyl/N-ethyl adjacent to an activating group) is 1. The molecule has 0 radical (unpaired) electrons. The fourth-order valence-electron chi connectivity index (χ4n) is 2.26. The van der Waals surface area contributed by atoms with Gasteiger partial charge in [0.15, 0.2) is 0 Å². The molecule has 3 heteroatoms. The van der Waals surface area contributed by atoms with Gasteiger partial charge in [-0.25, -0.2) is 0 Å². The van der Waals surface area contributed by atoms with Gasteiger partial charge in [0.2, 0.25) is 0 Å². The van der Waals surface area contributed by atoms with Crippen LogP contribution in [0, 0.1) is 0 Å². The number of rotatable bonds is 6. The van der Waals surface area contributed by atoms with Crippen molar-refractivity contribution in [2.75, 3.05) is 13.6 Å². The van der Waals surface area contributed by atoms with E-state index in [1.807, 2.05) is 11.3 Å². The molecule has 0 saturated heterocycles. The number of aryl methyl sites for hydroxylation is 1. The second-order valence-electron chi connectivity index (χ2n) is 4.81. The van der Waals surface area contributed by atoms with Crippen LogP contribution in [0.15, 0.2) is 42.5 Å². The van der Waals surface area contributed by atoms with Crippen LogP contribution in [0.25, 0.3) is 0 Å². The Balaban J connectivity index is 2.08. The van der Waals surface area contributed by atoms with Crippen molar-refractivity contribution in [3.63, 3.8) is 0 Å². The van der Waals surface area contributed by atoms with E-state index < -0.39 is 0 Å². The van der Waals surface area contributed by atoms with Crippen LogP contribution in [0.3, 0.4) is 0 Å². The van der Waals surface area contributed by atoms with Crippen molar-refractivity contribution < 1.29 is 0 Å². The molecule has 19 heavy (non-hydrogen) atoms. The van der Waals surface area contributed by atoms with Crippen LogP contribution in [-0.2, 0) is 13.0 Å². The second kappa shape index (κ2) is 6.85. The number of nitrogens with two attached hydrogens (primary N) is 1. The summed E-state index contributed by atoms with van der Waals surface area (Å²) in [5, 5.41) is 0. The quantitative estimate of drug-likeness (QED) is 0.874. The molecule has 2 rings (SSSR count). The summed E-state index contributed by atoms with van der Waals surface area (Å²) in [5.41, 5.74) is 7.30. The van der Waals surface area contributed by atoms with Gasteiger partial charge in [-0.15, -0.1) is 11.3 Å². The van der Waals surface area contributed by atoms with Crippen LogP contribution in [-0.4, -0.2) is 18.5 Å². The summed E-state index contributed by atoms with van der Waals surface area (Å²) in [6.07, 6.45) is 1.10. The lowest BCUT2D eigenvalue weighted by molar-refractivity contribution is 0.245. The molecule has 2 aromatic rings. The minimum absolute atomic E-state index is 0.311. The summed E-state index contributed by atoms with van der Waals surface area (Å²) in [5.74, 6) is 0. The van der Waals surface area contributed by atoms with Crippen molar-refractivity contribution in [2.45, 2.75) is 25.9 Å². The Morgan fingerprint density at radius 1 is 1.16 bits per heavy atom. The van der Waals surface area contributed by atoms with E-state index in [0.29, 0.717) is 12.6 Å². The van der Waals surface area contributed by atoms with E-state index in [1.54, 1.807) is 0 Å². The van der Waals surface area contributed by atoms with Gasteiger partial charge in [0, 0.05) is 22.8 Å². The van der Waals surface area contributed by atoms with Crippen molar-refractivity contribution in [2.24, 2.45) is 5.73 Å². The molecular formula is C16H22N2S. The lowest BCUT2D eigenvalue weighted by Gasteiger charge is -2.26. The van der Waals surface area contributed by atoms with Crippen molar-refractivity contribution in [3.8, 4) is 0 Å². The van der Waals surface area contributed by atoms with Crippen molar-refractivity contribution in [1.29, 1.82) is 0 Å². The maximum Gasteiger partial charge on any atom is 0.0564 e. The molecule has 1 aromatic heterocycles. The Morgan fingerprint density at radius 2 is 1.89 bits per heavy atom. The van der Waals surface area contributed by atoms with Gasteiger partial charge in [0.05, 0.1) is 6.04 Å². The monoisotopic (exact) mass is 274 g/mol. The van der Waals surface area contributed by atoms with Gasteiger partial charge in [0.25, 0.3) is 0 Å². The highest BCUT2D eigenvalue weighted by atomic mass is 32.1. The Bertz CT molecular complexity index is 492. The molecule has 2 N–H and O–H groups in total. The molecule has 1 heterocycles. The van der Waals surface area contributed by atoms with Crippen LogP contribution >= 0.6 is 11.3 Å². The third-order valence-corrected chi connectivity index (χ3v) is 4.72. The number of benzene rings is 1. The first-order valence-corrected chi connectivity index (χ1v) is 7.59. The fraction of sp³-hybridized carbons (Fsp3) is 0.375. The number of hydrogen-bond donors (Lipinski definition) is 1. The highest BCUT2D eigenvalue weighted by molar-refractivity contribution is 7.12. The Morgan fingerprint density at radius 3 is 2.47 bits per heavy atom. The molecule has 102 valence electrons. The van der Waals surface area contributed by atoms with E-state index in [2.05, 4.69) is 61.3 Å². The minimum Gasteiger partial charge on any atom is -0.329 e. The lowest BCUT2D eigenvalue weighted by Crippen LogP contribution is -2.29. The van der Waals surface area contributed by atoms with Gasteiger partial charge < -0.3 is 5.73 Å². The number of thiophene rings is 1. The van der Waals surface area contributed by atoms with Gasteiger partial charge in [0.1, 0.15) is 0 Å². The summed E-state index contributed by atoms with van der Waals surface area (Å²) in [6, 6.07) is 15.3. The first-order valence-electron chi connectivity index (χ1n) is 6.77. The molecule has 0 amide bonds. The second-order valence-corrected chi connectivity index (χ2v) is 6.01. The van der Waals surface area contributed by atoms with Crippen LogP contribution in [0.1, 0.15) is 28.3 Å². The third kappa shape index (κ3) is 3.66. The van der Waals surface area contributed by atoms with E-state index in [-0.39, 0.29) is 0 Å². The maximum atomic E-state index is 5.98. The predicted octanol–water partition coefficient (Wildman–Crippen LogP) is 3.44. The smallest absolute Gasteiger partial charge is 0.0564 e. The predicted molar refractivity (Wildman–Crippen MR) is 83.4 cm³/mol. The normalized spacial score (nSPS) is 12.8. The fourth-order valence-corrected chi connectivity index (χ4v) is 3.39. The minimum atomic E-state index is 0.311. The molecular weight excluding hydrogens is 252 g/mol. The van der Waals surface area contributed by atoms with Crippen molar-refractivity contribution in [3.05, 3.63) is 57.8 Å². The standard InChI is InChI=1S/C16H22N2S/c1-3-14-9-10-16(19-14)15(11-17)18(2)12-13-7-5-4-6-8-13/h4-10,15H,3,11-12,17H2,1-2H3. The van der Waals surface area contributed by atoms with Crippen LogP contribution in [0.2, 0.25) is 0 Å². The highest BCUT2D eigenvalue weighted by Gasteiger charge is 2.17. The van der Waals surface area contributed by atoms with Gasteiger partial charge >= 0.3 is 0 Å². The molecule has 1 unspecified atom stereocenters. The molecule has 0 fully saturated rings. The zero-order valence-corrected chi connectivity index (χ0v) is 12.5. The zero-order valence-electron chi connectivity index (χ0n) is 11.7. The molecule has 0 bridgehead atoms. The first-order chi connectivity index (χ1) is 9.24. The molecule has 1 aromatic carbocycles. The van der Waals surface area contributed by atoms with Crippen molar-refractivity contribution in [1.82, 2.24) is 4.90 Å². The molecule has 0 spiro atoms. The van der Waals surface area contributed by atoms with Gasteiger partial charge in [-0.2, -0.15) is 0 Å². The van der Waals surface area contributed by atoms with Gasteiger partial charge in [-0.05, 0) is 31.2 Å². The van der Waals surface area contributed by atoms with E-state index >= 15 is 0 Å². The molecule has 0 aliphatic rings. The average Bonchev–Trinajstić information content (AvgIpc) is 2.89. The maximum absolute atomic E-state index is 5.98. The Hall–Kier alpha value is -1.16. The summed E-state index contributed by atoms with van der Waals surface area (Å²) in [4.78, 5) is 5.14. The number of hydrogen-bond acceptors (Lipinski definition) is 3. The molecule has 1 atom stereocenters. The zero-order chi connectivity index (χ0) is 13.7. The third-order valence-electron chi connectivity index (χ3n) is 3.39. The Kier molecular flexibility index (Phi) is 5.14. The van der Waals surface area contributed by atoms with Gasteiger partial charge in [-0.1, -0.05) is 37.3 Å². The van der Waals surface area contributed by atoms with E-state index in [0.717, 1.165) is 13.0 Å². The summed E-state index contributed by atoms with van der Waals surface area (Å²) in [7, 11) is 2.15. The van der Waals surface area contributed by atoms with E-state index in [1.165, 1.54) is 15.3 Å². The average molecular weight is 274 g/mol. The summed E-state index contributed by atoms with van der Waals surface area (Å²) < 4.78 is 0. The number of nitrogens with zero attached hydrogens (tertiary/aromatic N) is 1.